The summed E-state index contributed by atoms with van der Waals surface area (Å²) in [5.41, 5.74) is 0. The molecule has 24 heavy (non-hydrogen) atoms. The Morgan fingerprint density at radius 3 is 0.917 bits per heavy atom. The van der Waals surface area contributed by atoms with Gasteiger partial charge in [0.25, 0.3) is 0 Å². The van der Waals surface area contributed by atoms with E-state index in [1.165, 1.54) is 103 Å². The number of hydrogen-bond donors (Lipinski definition) is 0. The minimum Gasteiger partial charge on any atom is -0.147 e. The first-order chi connectivity index (χ1) is 11.3. The van der Waals surface area contributed by atoms with Crippen molar-refractivity contribution in [3.8, 4) is 0 Å². The van der Waals surface area contributed by atoms with E-state index in [0.717, 1.165) is 0 Å². The van der Waals surface area contributed by atoms with Crippen LogP contribution >= 0.6 is 12.4 Å². The van der Waals surface area contributed by atoms with Gasteiger partial charge < -0.3 is 0 Å². The van der Waals surface area contributed by atoms with Gasteiger partial charge in [0.05, 0.1) is 0 Å². The van der Waals surface area contributed by atoms with E-state index in [9.17, 15) is 0 Å². The van der Waals surface area contributed by atoms with Crippen molar-refractivity contribution in [1.82, 2.24) is 1.97 Å². The van der Waals surface area contributed by atoms with Crippen molar-refractivity contribution in [3.05, 3.63) is 0 Å². The Morgan fingerprint density at radius 1 is 0.458 bits per heavy atom. The third-order valence-electron chi connectivity index (χ3n) is 4.41. The van der Waals surface area contributed by atoms with Crippen LogP contribution in [-0.4, -0.2) is 28.1 Å². The maximum atomic E-state index is 2.93. The molecular weight excluding hydrogens is 448 g/mol. The van der Waals surface area contributed by atoms with Crippen LogP contribution in [0.25, 0.3) is 0 Å². The van der Waals surface area contributed by atoms with Crippen LogP contribution in [0.2, 0.25) is 0 Å². The predicted octanol–water partition coefficient (Wildman–Crippen LogP) is 6.69. The van der Waals surface area contributed by atoms with E-state index in [0.29, 0.717) is 0 Å². The predicted molar refractivity (Wildman–Crippen MR) is 108 cm³/mol. The number of nitrogens with zero attached hydrogens (tertiary/aromatic N) is 2. The molecule has 0 saturated heterocycles. The van der Waals surface area contributed by atoms with Crippen molar-refractivity contribution in [2.75, 3.05) is 26.2 Å². The molecule has 146 valence electrons. The first-order valence-electron chi connectivity index (χ1n) is 10.5. The van der Waals surface area contributed by atoms with E-state index in [-0.39, 0.29) is 12.4 Å². The summed E-state index contributed by atoms with van der Waals surface area (Å²) in [6.45, 7) is 14.8. The molecule has 0 aromatic carbocycles. The van der Waals surface area contributed by atoms with Crippen LogP contribution in [0.3, 0.4) is 0 Å². The van der Waals surface area contributed by atoms with Gasteiger partial charge in [0.1, 0.15) is 0 Å². The van der Waals surface area contributed by atoms with Crippen LogP contribution in [0.4, 0.5) is 0 Å². The Bertz CT molecular complexity index is 188. The third kappa shape index (κ3) is 18.4. The fourth-order valence-corrected chi connectivity index (χ4v) is 7.43. The molecule has 0 bridgehead atoms. The smallest absolute Gasteiger partial charge is 0.147 e. The summed E-state index contributed by atoms with van der Waals surface area (Å²) in [5, 5.41) is 0. The van der Waals surface area contributed by atoms with Crippen molar-refractivity contribution in [2.45, 2.75) is 105 Å². The first-order valence-corrected chi connectivity index (χ1v) is 13.4. The molecule has 0 spiro atoms. The monoisotopic (exact) mass is 490 g/mol. The number of unbranched alkanes of at least 4 members (excludes halogenated alkanes) is 8. The van der Waals surface area contributed by atoms with Crippen LogP contribution in [0.1, 0.15) is 105 Å². The first kappa shape index (κ1) is 27.8. The molecule has 0 rings (SSSR count). The van der Waals surface area contributed by atoms with Gasteiger partial charge in [-0.05, 0) is 0 Å². The summed E-state index contributed by atoms with van der Waals surface area (Å²) in [5.74, 6) is 0. The molecule has 0 fully saturated rings. The molecule has 0 saturated carbocycles. The summed E-state index contributed by atoms with van der Waals surface area (Å²) >= 11 is -0.772. The molecule has 4 heteroatoms. The van der Waals surface area contributed by atoms with Crippen LogP contribution in [0.15, 0.2) is 0 Å². The Kier molecular flexibility index (Phi) is 26.2. The van der Waals surface area contributed by atoms with E-state index in [1.807, 2.05) is 0 Å². The van der Waals surface area contributed by atoms with Gasteiger partial charge >= 0.3 is 170 Å². The van der Waals surface area contributed by atoms with Gasteiger partial charge in [-0.3, -0.25) is 0 Å². The Morgan fingerprint density at radius 2 is 0.708 bits per heavy atom. The number of rotatable bonds is 18. The zero-order valence-corrected chi connectivity index (χ0v) is 21.1. The van der Waals surface area contributed by atoms with E-state index < -0.39 is 37.5 Å². The van der Waals surface area contributed by atoms with E-state index >= 15 is 0 Å². The van der Waals surface area contributed by atoms with Crippen molar-refractivity contribution in [2.24, 2.45) is 0 Å². The zero-order chi connectivity index (χ0) is 17.2. The Hall–Kier alpha value is 1.56. The maximum absolute atomic E-state index is 2.93. The van der Waals surface area contributed by atoms with Crippen molar-refractivity contribution in [1.29, 1.82) is 0 Å². The van der Waals surface area contributed by atoms with Gasteiger partial charge in [0.15, 0.2) is 0 Å². The third-order valence-corrected chi connectivity index (χ3v) is 9.09. The standard InChI is InChI=1S/2C10H22N.ClH.Nd/c2*1-3-5-7-9-11-10-8-6-4-2;;/h2*3-10H2,1-2H3;1H;/q2*-1;;+2. The van der Waals surface area contributed by atoms with Gasteiger partial charge in [-0.1, -0.05) is 0 Å². The van der Waals surface area contributed by atoms with Crippen molar-refractivity contribution < 1.29 is 37.5 Å². The molecule has 0 radical (unpaired) electrons. The molecule has 0 atom stereocenters. The molecule has 0 aliphatic carbocycles. The van der Waals surface area contributed by atoms with E-state index in [2.05, 4.69) is 29.7 Å². The van der Waals surface area contributed by atoms with Gasteiger partial charge in [0, 0.05) is 0 Å². The molecule has 0 N–H and O–H groups in total. The SMILES string of the molecule is CCCCC[N](CCCCC)[Nd][N](CCCCC)CCCCC.Cl. The normalized spacial score (nSPS) is 11.1. The van der Waals surface area contributed by atoms with Crippen LogP contribution in [0, 0.1) is 37.5 Å². The largest absolute Gasteiger partial charge is 0.147 e. The minimum absolute atomic E-state index is 0. The second-order valence-electron chi connectivity index (χ2n) is 6.90. The van der Waals surface area contributed by atoms with Crippen LogP contribution < -0.4 is 0 Å². The van der Waals surface area contributed by atoms with E-state index in [4.69, 9.17) is 0 Å². The second kappa shape index (κ2) is 22.6. The number of halogens is 1. The van der Waals surface area contributed by atoms with Crippen molar-refractivity contribution in [3.63, 3.8) is 0 Å². The Balaban J connectivity index is 0. The molecule has 0 aromatic heterocycles. The molecule has 2 nitrogen and oxygen atoms in total. The molecule has 0 amide bonds. The zero-order valence-electron chi connectivity index (χ0n) is 17.1. The summed E-state index contributed by atoms with van der Waals surface area (Å²) < 4.78 is 5.87. The molecule has 0 aromatic rings. The maximum Gasteiger partial charge on any atom is -0.147 e. The Labute approximate surface area is 181 Å². The molecule has 0 heterocycles. The van der Waals surface area contributed by atoms with Crippen LogP contribution in [0.5, 0.6) is 0 Å². The average Bonchev–Trinajstić information content (AvgIpc) is 2.55. The molecule has 0 unspecified atom stereocenters. The van der Waals surface area contributed by atoms with Crippen molar-refractivity contribution >= 4 is 12.4 Å². The minimum atomic E-state index is -0.772. The quantitative estimate of drug-likeness (QED) is 0.197. The summed E-state index contributed by atoms with van der Waals surface area (Å²) in [6.07, 6.45) is 16.8. The van der Waals surface area contributed by atoms with Gasteiger partial charge in [-0.15, -0.1) is 12.4 Å². The second-order valence-corrected chi connectivity index (χ2v) is 11.6. The number of hydrogen-bond acceptors (Lipinski definition) is 2. The summed E-state index contributed by atoms with van der Waals surface area (Å²) in [6, 6.07) is 0. The average molecular weight is 493 g/mol. The molecule has 0 aliphatic rings. The van der Waals surface area contributed by atoms with Gasteiger partial charge in [-0.2, -0.15) is 0 Å². The van der Waals surface area contributed by atoms with Crippen LogP contribution in [-0.2, 0) is 0 Å². The van der Waals surface area contributed by atoms with Gasteiger partial charge in [-0.25, -0.2) is 0 Å². The fraction of sp³-hybridized carbons (Fsp3) is 1.00. The van der Waals surface area contributed by atoms with Gasteiger partial charge in [0.2, 0.25) is 0 Å². The topological polar surface area (TPSA) is 6.48 Å². The fourth-order valence-electron chi connectivity index (χ4n) is 2.83. The van der Waals surface area contributed by atoms with E-state index in [1.54, 1.807) is 0 Å². The molecule has 0 aliphatic heterocycles. The molecular formula is C20H45ClN2Nd. The summed E-state index contributed by atoms with van der Waals surface area (Å²) in [7, 11) is 0. The summed E-state index contributed by atoms with van der Waals surface area (Å²) in [4.78, 5) is 0.